The van der Waals surface area contributed by atoms with E-state index in [1.807, 2.05) is 0 Å². The zero-order chi connectivity index (χ0) is 31.1. The molecule has 41 heavy (non-hydrogen) atoms. The van der Waals surface area contributed by atoms with Crippen LogP contribution in [0.3, 0.4) is 0 Å². The zero-order valence-electron chi connectivity index (χ0n) is 22.3. The number of rotatable bonds is 13. The van der Waals surface area contributed by atoms with Gasteiger partial charge in [0.15, 0.2) is 0 Å². The number of hydrogen-bond acceptors (Lipinski definition) is 15. The van der Waals surface area contributed by atoms with Gasteiger partial charge in [0.25, 0.3) is 11.8 Å². The largest absolute Gasteiger partial charge is 0.533 e. The number of ether oxygens (including phenoxy) is 3. The lowest BCUT2D eigenvalue weighted by molar-refractivity contribution is -0.176. The van der Waals surface area contributed by atoms with Crippen molar-refractivity contribution in [2.24, 2.45) is 0 Å². The fourth-order valence-electron chi connectivity index (χ4n) is 2.39. The van der Waals surface area contributed by atoms with E-state index in [0.717, 1.165) is 37.5 Å². The molecule has 0 bridgehead atoms. The van der Waals surface area contributed by atoms with Crippen molar-refractivity contribution in [3.05, 3.63) is 0 Å². The monoisotopic (exact) mass is 665 g/mol. The molecule has 0 aliphatic carbocycles. The van der Waals surface area contributed by atoms with E-state index in [9.17, 15) is 33.6 Å². The SMILES string of the molecule is C.COC(=O)ON1C(=O)CCC1=O.COC(=O)SCCCCC(SC(=O)OC)C(=O)O.O=C(O)C(S)CCCCS. The maximum Gasteiger partial charge on any atom is 0.533 e. The number of unbranched alkanes of at least 4 members (excludes halogenated alkanes) is 2. The molecule has 0 aromatic rings. The van der Waals surface area contributed by atoms with Crippen LogP contribution in [0.5, 0.6) is 0 Å². The van der Waals surface area contributed by atoms with E-state index in [-0.39, 0.29) is 25.6 Å². The number of hydroxylamine groups is 2. The lowest BCUT2D eigenvalue weighted by Crippen LogP contribution is -2.31. The summed E-state index contributed by atoms with van der Waals surface area (Å²) in [5.41, 5.74) is 0. The van der Waals surface area contributed by atoms with Crippen molar-refractivity contribution in [3.8, 4) is 0 Å². The van der Waals surface area contributed by atoms with E-state index >= 15 is 0 Å². The van der Waals surface area contributed by atoms with Crippen molar-refractivity contribution in [2.45, 2.75) is 69.3 Å². The van der Waals surface area contributed by atoms with Crippen LogP contribution in [0.25, 0.3) is 0 Å². The number of hydrogen-bond donors (Lipinski definition) is 4. The van der Waals surface area contributed by atoms with E-state index in [1.165, 1.54) is 14.2 Å². The number of carboxylic acid groups (broad SMARTS) is 2. The first-order valence-corrected chi connectivity index (χ1v) is 14.7. The standard InChI is InChI=1S/C10H16O6S2.C6H7NO5.C6H12O2S2.CH4/c1-15-9(13)17-6-4-3-5-7(8(11)12)18-10(14)16-2;1-11-6(10)12-7-4(8)2-3-5(7)9;7-6(8)5(10)3-1-2-4-9;/h7H,3-6H2,1-2H3,(H,11,12);2-3H2,1H3;5,9-10H,1-4H2,(H,7,8);1H4. The molecule has 1 aliphatic heterocycles. The molecule has 1 saturated heterocycles. The van der Waals surface area contributed by atoms with Crippen LogP contribution in [0.1, 0.15) is 58.8 Å². The second-order valence-corrected chi connectivity index (χ2v) is 10.6. The van der Waals surface area contributed by atoms with Gasteiger partial charge in [-0.05, 0) is 55.0 Å². The molecular weight excluding hydrogens is 627 g/mol. The summed E-state index contributed by atoms with van der Waals surface area (Å²) in [6.07, 6.45) is 3.24. The number of amides is 2. The minimum atomic E-state index is -1.07. The summed E-state index contributed by atoms with van der Waals surface area (Å²) in [6.45, 7) is 0. The fraction of sp³-hybridized carbons (Fsp3) is 0.696. The number of aliphatic carboxylic acids is 2. The van der Waals surface area contributed by atoms with Gasteiger partial charge in [0.1, 0.15) is 5.25 Å². The molecule has 1 heterocycles. The average molecular weight is 666 g/mol. The summed E-state index contributed by atoms with van der Waals surface area (Å²) in [5, 5.41) is 15.4. The predicted octanol–water partition coefficient (Wildman–Crippen LogP) is 4.55. The molecule has 1 aliphatic rings. The van der Waals surface area contributed by atoms with Gasteiger partial charge >= 0.3 is 28.7 Å². The second-order valence-electron chi connectivity index (χ2n) is 7.40. The van der Waals surface area contributed by atoms with Gasteiger partial charge in [-0.2, -0.15) is 25.3 Å². The number of carbonyl (C=O) groups is 7. The highest BCUT2D eigenvalue weighted by Gasteiger charge is 2.33. The summed E-state index contributed by atoms with van der Waals surface area (Å²) < 4.78 is 12.9. The third kappa shape index (κ3) is 23.0. The first kappa shape index (κ1) is 43.1. The van der Waals surface area contributed by atoms with Crippen molar-refractivity contribution in [1.82, 2.24) is 5.06 Å². The predicted molar refractivity (Wildman–Crippen MR) is 160 cm³/mol. The molecule has 1 rings (SSSR count). The molecule has 0 spiro atoms. The lowest BCUT2D eigenvalue weighted by Gasteiger charge is -2.10. The van der Waals surface area contributed by atoms with Crippen LogP contribution in [0.4, 0.5) is 14.4 Å². The molecule has 2 amide bonds. The molecule has 2 unspecified atom stereocenters. The second kappa shape index (κ2) is 26.6. The van der Waals surface area contributed by atoms with Crippen LogP contribution in [0.15, 0.2) is 0 Å². The minimum Gasteiger partial charge on any atom is -0.480 e. The summed E-state index contributed by atoms with van der Waals surface area (Å²) >= 11 is 9.59. The molecule has 2 atom stereocenters. The Balaban J connectivity index is -0.000000548. The van der Waals surface area contributed by atoms with Crippen molar-refractivity contribution in [3.63, 3.8) is 0 Å². The Morgan fingerprint density at radius 1 is 0.854 bits per heavy atom. The zero-order valence-corrected chi connectivity index (χ0v) is 25.7. The summed E-state index contributed by atoms with van der Waals surface area (Å²) in [4.78, 5) is 79.1. The highest BCUT2D eigenvalue weighted by atomic mass is 32.2. The average Bonchev–Trinajstić information content (AvgIpc) is 3.24. The third-order valence-corrected chi connectivity index (χ3v) is 7.21. The molecule has 0 radical (unpaired) electrons. The molecule has 18 heteroatoms. The van der Waals surface area contributed by atoms with Crippen LogP contribution in [-0.4, -0.2) is 99.1 Å². The number of nitrogens with zero attached hydrogens (tertiary/aromatic N) is 1. The van der Waals surface area contributed by atoms with Gasteiger partial charge in [-0.25, -0.2) is 14.4 Å². The smallest absolute Gasteiger partial charge is 0.480 e. The topological polar surface area (TPSA) is 200 Å². The Labute approximate surface area is 258 Å². The highest BCUT2D eigenvalue weighted by Crippen LogP contribution is 2.20. The Bertz CT molecular complexity index is 828. The Morgan fingerprint density at radius 3 is 1.83 bits per heavy atom. The molecule has 0 saturated carbocycles. The number of thiol groups is 2. The van der Waals surface area contributed by atoms with Crippen molar-refractivity contribution in [1.29, 1.82) is 0 Å². The van der Waals surface area contributed by atoms with Crippen LogP contribution in [-0.2, 0) is 38.2 Å². The van der Waals surface area contributed by atoms with Crippen LogP contribution in [0, 0.1) is 0 Å². The van der Waals surface area contributed by atoms with Crippen LogP contribution >= 0.6 is 48.8 Å². The third-order valence-electron chi connectivity index (χ3n) is 4.44. The normalized spacial score (nSPS) is 13.1. The number of thioether (sulfide) groups is 2. The van der Waals surface area contributed by atoms with E-state index in [2.05, 4.69) is 44.3 Å². The highest BCUT2D eigenvalue weighted by molar-refractivity contribution is 8.14. The minimum absolute atomic E-state index is 0. The lowest BCUT2D eigenvalue weighted by atomic mass is 10.2. The molecular formula is C23H39NO13S4. The van der Waals surface area contributed by atoms with Gasteiger partial charge in [-0.3, -0.25) is 24.0 Å². The molecule has 1 fully saturated rings. The number of imide groups is 1. The van der Waals surface area contributed by atoms with E-state index in [0.29, 0.717) is 48.3 Å². The molecule has 14 nitrogen and oxygen atoms in total. The van der Waals surface area contributed by atoms with E-state index < -0.39 is 45.7 Å². The molecule has 0 aromatic carbocycles. The van der Waals surface area contributed by atoms with Gasteiger partial charge < -0.3 is 24.4 Å². The van der Waals surface area contributed by atoms with E-state index in [1.54, 1.807) is 0 Å². The maximum atomic E-state index is 11.0. The number of carboxylic acids is 2. The summed E-state index contributed by atoms with van der Waals surface area (Å²) in [6, 6.07) is 0. The Hall–Kier alpha value is -2.31. The van der Waals surface area contributed by atoms with Crippen molar-refractivity contribution >= 4 is 89.3 Å². The fourth-order valence-corrected chi connectivity index (χ4v) is 4.14. The summed E-state index contributed by atoms with van der Waals surface area (Å²) in [5.74, 6) is -1.52. The Morgan fingerprint density at radius 2 is 1.39 bits per heavy atom. The number of carbonyl (C=O) groups excluding carboxylic acids is 5. The summed E-state index contributed by atoms with van der Waals surface area (Å²) in [7, 11) is 3.61. The van der Waals surface area contributed by atoms with Crippen molar-refractivity contribution in [2.75, 3.05) is 32.8 Å². The van der Waals surface area contributed by atoms with E-state index in [4.69, 9.17) is 10.2 Å². The number of methoxy groups -OCH3 is 3. The van der Waals surface area contributed by atoms with Crippen molar-refractivity contribution < 1.29 is 62.8 Å². The first-order chi connectivity index (χ1) is 18.8. The van der Waals surface area contributed by atoms with Gasteiger partial charge in [0.2, 0.25) is 0 Å². The quantitative estimate of drug-likeness (QED) is 0.0701. The Kier molecular flexibility index (Phi) is 28.0. The molecule has 238 valence electrons. The van der Waals surface area contributed by atoms with Crippen LogP contribution < -0.4 is 0 Å². The van der Waals surface area contributed by atoms with Gasteiger partial charge in [0, 0.05) is 18.6 Å². The molecule has 0 aromatic heterocycles. The van der Waals surface area contributed by atoms with Gasteiger partial charge in [-0.1, -0.05) is 25.3 Å². The maximum absolute atomic E-state index is 11.0. The first-order valence-electron chi connectivity index (χ1n) is 11.7. The van der Waals surface area contributed by atoms with Crippen LogP contribution in [0.2, 0.25) is 0 Å². The van der Waals surface area contributed by atoms with Gasteiger partial charge in [-0.15, -0.1) is 0 Å². The van der Waals surface area contributed by atoms with Gasteiger partial charge in [0.05, 0.1) is 26.6 Å². The molecule has 2 N–H and O–H groups in total.